The lowest BCUT2D eigenvalue weighted by Crippen LogP contribution is -3.00. The molecular formula is C24H20Cl3N3OS3. The maximum absolute atomic E-state index is 13.4. The van der Waals surface area contributed by atoms with Crippen LogP contribution in [0.1, 0.15) is 17.5 Å². The van der Waals surface area contributed by atoms with Crippen LogP contribution >= 0.6 is 57.6 Å². The van der Waals surface area contributed by atoms with Gasteiger partial charge in [0.25, 0.3) is 10.6 Å². The third-order valence-corrected chi connectivity index (χ3v) is 9.25. The molecule has 0 spiro atoms. The van der Waals surface area contributed by atoms with Crippen LogP contribution in [0.15, 0.2) is 63.7 Å². The van der Waals surface area contributed by atoms with E-state index in [-0.39, 0.29) is 18.0 Å². The average molecular weight is 569 g/mol. The third-order valence-electron chi connectivity index (χ3n) is 5.44. The summed E-state index contributed by atoms with van der Waals surface area (Å²) in [6.07, 6.45) is 4.19. The maximum atomic E-state index is 13.4. The molecule has 4 aromatic rings. The Labute approximate surface area is 225 Å². The number of fused-ring (bicyclic) bond motifs is 1. The molecule has 0 radical (unpaired) electrons. The lowest BCUT2D eigenvalue weighted by atomic mass is 10.2. The second kappa shape index (κ2) is 10.5. The zero-order valence-corrected chi connectivity index (χ0v) is 23.0. The molecule has 176 valence electrons. The van der Waals surface area contributed by atoms with Crippen molar-refractivity contribution < 1.29 is 17.0 Å². The molecule has 5 rings (SSSR count). The molecule has 1 aliphatic heterocycles. The van der Waals surface area contributed by atoms with Crippen molar-refractivity contribution in [1.82, 2.24) is 4.57 Å². The molecule has 0 N–H and O–H groups in total. The van der Waals surface area contributed by atoms with E-state index >= 15 is 0 Å². The van der Waals surface area contributed by atoms with E-state index < -0.39 is 0 Å². The first-order valence-electron chi connectivity index (χ1n) is 10.3. The van der Waals surface area contributed by atoms with Crippen LogP contribution < -0.4 is 36.6 Å². The predicted molar refractivity (Wildman–Crippen MR) is 141 cm³/mol. The Kier molecular flexibility index (Phi) is 7.82. The van der Waals surface area contributed by atoms with Crippen molar-refractivity contribution in [3.63, 3.8) is 0 Å². The fourth-order valence-electron chi connectivity index (χ4n) is 3.75. The van der Waals surface area contributed by atoms with Crippen molar-refractivity contribution in [2.75, 3.05) is 11.9 Å². The van der Waals surface area contributed by atoms with Gasteiger partial charge in [-0.25, -0.2) is 0 Å². The minimum absolute atomic E-state index is 0. The molecule has 2 aromatic carbocycles. The highest BCUT2D eigenvalue weighted by molar-refractivity contribution is 8.08. The molecule has 0 amide bonds. The number of thioether (sulfide) groups is 1. The zero-order valence-electron chi connectivity index (χ0n) is 18.3. The van der Waals surface area contributed by atoms with Crippen molar-refractivity contribution in [3.05, 3.63) is 94.2 Å². The molecular weight excluding hydrogens is 549 g/mol. The van der Waals surface area contributed by atoms with Gasteiger partial charge < -0.3 is 17.3 Å². The lowest BCUT2D eigenvalue weighted by molar-refractivity contribution is -0.685. The monoisotopic (exact) mass is 567 g/mol. The highest BCUT2D eigenvalue weighted by Gasteiger charge is 2.25. The van der Waals surface area contributed by atoms with Gasteiger partial charge in [-0.05, 0) is 37.3 Å². The van der Waals surface area contributed by atoms with Gasteiger partial charge in [-0.3, -0.25) is 9.36 Å². The average Bonchev–Trinajstić information content (AvgIpc) is 3.46. The Balaban J connectivity index is 0.00000274. The normalized spacial score (nSPS) is 14.9. The third kappa shape index (κ3) is 4.83. The molecule has 0 saturated heterocycles. The lowest BCUT2D eigenvalue weighted by Gasteiger charge is -2.12. The Morgan fingerprint density at radius 3 is 2.56 bits per heavy atom. The molecule has 3 heterocycles. The number of nitrogens with zero attached hydrogens (tertiary/aromatic N) is 3. The Bertz CT molecular complexity index is 1520. The second-order valence-electron chi connectivity index (χ2n) is 7.54. The first-order chi connectivity index (χ1) is 15.9. The SMILES string of the molecule is CCn1c(=O)/c(=C2\Sc3cc(Cl)ccc3N2C)s/c1=C\c1scc[n+]1Cc1ccc(Cl)cc1.[Cl-]. The van der Waals surface area contributed by atoms with E-state index in [2.05, 4.69) is 27.1 Å². The van der Waals surface area contributed by atoms with Crippen LogP contribution in [0.3, 0.4) is 0 Å². The molecule has 0 bridgehead atoms. The summed E-state index contributed by atoms with van der Waals surface area (Å²) in [7, 11) is 2.00. The van der Waals surface area contributed by atoms with Gasteiger partial charge in [0.15, 0.2) is 12.7 Å². The molecule has 0 fully saturated rings. The summed E-state index contributed by atoms with van der Waals surface area (Å²) in [6.45, 7) is 3.37. The van der Waals surface area contributed by atoms with Crippen molar-refractivity contribution in [1.29, 1.82) is 0 Å². The van der Waals surface area contributed by atoms with Gasteiger partial charge >= 0.3 is 0 Å². The van der Waals surface area contributed by atoms with Gasteiger partial charge in [-0.15, -0.1) is 11.3 Å². The fourth-order valence-corrected chi connectivity index (χ4v) is 7.47. The van der Waals surface area contributed by atoms with Crippen LogP contribution in [-0.4, -0.2) is 11.6 Å². The molecule has 2 aromatic heterocycles. The fraction of sp³-hybridized carbons (Fsp3) is 0.167. The Hall–Kier alpha value is -1.74. The molecule has 4 nitrogen and oxygen atoms in total. The van der Waals surface area contributed by atoms with E-state index in [4.69, 9.17) is 23.2 Å². The van der Waals surface area contributed by atoms with Crippen molar-refractivity contribution in [2.45, 2.75) is 24.9 Å². The molecule has 10 heteroatoms. The van der Waals surface area contributed by atoms with E-state index in [1.54, 1.807) is 23.1 Å². The summed E-state index contributed by atoms with van der Waals surface area (Å²) in [6, 6.07) is 13.7. The minimum atomic E-state index is 0. The maximum Gasteiger partial charge on any atom is 0.271 e. The summed E-state index contributed by atoms with van der Waals surface area (Å²) in [5.41, 5.74) is 2.29. The van der Waals surface area contributed by atoms with Gasteiger partial charge in [-0.1, -0.05) is 58.4 Å². The van der Waals surface area contributed by atoms with Crippen LogP contribution in [0.25, 0.3) is 11.1 Å². The summed E-state index contributed by atoms with van der Waals surface area (Å²) in [4.78, 5) is 16.5. The number of halogens is 3. The van der Waals surface area contributed by atoms with E-state index in [1.807, 2.05) is 61.0 Å². The van der Waals surface area contributed by atoms with Gasteiger partial charge in [0.1, 0.15) is 14.2 Å². The zero-order chi connectivity index (χ0) is 23.1. The molecule has 0 unspecified atom stereocenters. The Morgan fingerprint density at radius 2 is 1.82 bits per heavy atom. The standard InChI is InChI=1S/C24H20Cl2N3OS3.ClH/c1-3-29-21(13-20-28(10-11-31-20)14-15-4-6-16(25)7-5-15)33-22(23(29)30)24-27(2)18-9-8-17(26)12-19(18)32-24;/h4-13H,3,14H2,1-2H3;1H/q+1;/p-1/b24-22+;. The number of benzene rings is 2. The number of hydrogen-bond acceptors (Lipinski definition) is 5. The van der Waals surface area contributed by atoms with Gasteiger partial charge in [0, 0.05) is 34.1 Å². The highest BCUT2D eigenvalue weighted by Crippen LogP contribution is 2.46. The molecule has 0 saturated carbocycles. The number of anilines is 1. The van der Waals surface area contributed by atoms with Crippen molar-refractivity contribution in [3.8, 4) is 0 Å². The highest BCUT2D eigenvalue weighted by atomic mass is 35.5. The van der Waals surface area contributed by atoms with E-state index in [0.29, 0.717) is 11.6 Å². The van der Waals surface area contributed by atoms with Crippen LogP contribution in [0, 0.1) is 0 Å². The summed E-state index contributed by atoms with van der Waals surface area (Å²) < 4.78 is 5.74. The minimum Gasteiger partial charge on any atom is -1.00 e. The first-order valence-corrected chi connectivity index (χ1v) is 13.6. The van der Waals surface area contributed by atoms with Crippen LogP contribution in [0.2, 0.25) is 10.0 Å². The number of thiazole rings is 2. The molecule has 0 aliphatic carbocycles. The van der Waals surface area contributed by atoms with Crippen LogP contribution in [0.4, 0.5) is 5.69 Å². The smallest absolute Gasteiger partial charge is 0.271 e. The van der Waals surface area contributed by atoms with E-state index in [9.17, 15) is 4.79 Å². The van der Waals surface area contributed by atoms with Crippen LogP contribution in [-0.2, 0) is 13.1 Å². The Morgan fingerprint density at radius 1 is 1.09 bits per heavy atom. The number of aromatic nitrogens is 2. The predicted octanol–water partition coefficient (Wildman–Crippen LogP) is 1.77. The van der Waals surface area contributed by atoms with Crippen molar-refractivity contribution in [2.24, 2.45) is 0 Å². The van der Waals surface area contributed by atoms with Gasteiger partial charge in [-0.2, -0.15) is 4.57 Å². The number of rotatable bonds is 4. The number of hydrogen-bond donors (Lipinski definition) is 0. The van der Waals surface area contributed by atoms with Gasteiger partial charge in [0.05, 0.1) is 17.1 Å². The molecule has 1 aliphatic rings. The first kappa shape index (κ1) is 25.4. The van der Waals surface area contributed by atoms with Gasteiger partial charge in [0.2, 0.25) is 0 Å². The summed E-state index contributed by atoms with van der Waals surface area (Å²) >= 11 is 17.0. The molecule has 0 atom stereocenters. The quantitative estimate of drug-likeness (QED) is 0.352. The topological polar surface area (TPSA) is 29.1 Å². The second-order valence-corrected chi connectivity index (χ2v) is 11.4. The van der Waals surface area contributed by atoms with E-state index in [1.165, 1.54) is 16.9 Å². The summed E-state index contributed by atoms with van der Waals surface area (Å²) in [5.74, 6) is 0. The summed E-state index contributed by atoms with van der Waals surface area (Å²) in [5, 5.41) is 5.54. The van der Waals surface area contributed by atoms with Crippen LogP contribution in [0.5, 0.6) is 0 Å². The van der Waals surface area contributed by atoms with Crippen molar-refractivity contribution >= 4 is 74.4 Å². The van der Waals surface area contributed by atoms with E-state index in [0.717, 1.165) is 41.4 Å². The largest absolute Gasteiger partial charge is 1.00 e. The molecule has 34 heavy (non-hydrogen) atoms.